The van der Waals surface area contributed by atoms with Gasteiger partial charge in [-0.05, 0) is 32.4 Å². The molecule has 0 radical (unpaired) electrons. The lowest BCUT2D eigenvalue weighted by Crippen LogP contribution is -2.43. The lowest BCUT2D eigenvalue weighted by Gasteiger charge is -2.35. The maximum Gasteiger partial charge on any atom is 0.325 e. The number of hydrogen-bond acceptors (Lipinski definition) is 3. The molecule has 6 nitrogen and oxygen atoms in total. The van der Waals surface area contributed by atoms with Gasteiger partial charge in [-0.3, -0.25) is 14.5 Å². The van der Waals surface area contributed by atoms with E-state index in [4.69, 9.17) is 0 Å². The van der Waals surface area contributed by atoms with Crippen LogP contribution in [0.25, 0.3) is 10.9 Å². The van der Waals surface area contributed by atoms with E-state index < -0.39 is 23.9 Å². The zero-order chi connectivity index (χ0) is 16.6. The van der Waals surface area contributed by atoms with Gasteiger partial charge in [0, 0.05) is 28.7 Å². The summed E-state index contributed by atoms with van der Waals surface area (Å²) in [7, 11) is 0. The second-order valence-corrected chi connectivity index (χ2v) is 6.12. The van der Waals surface area contributed by atoms with Gasteiger partial charge in [0.2, 0.25) is 0 Å². The fourth-order valence-corrected chi connectivity index (χ4v) is 3.56. The number of H-pyrrole nitrogens is 1. The second-order valence-electron chi connectivity index (χ2n) is 6.12. The molecule has 6 heteroatoms. The van der Waals surface area contributed by atoms with Crippen LogP contribution in [0.3, 0.4) is 0 Å². The third kappa shape index (κ3) is 2.82. The first-order valence-corrected chi connectivity index (χ1v) is 7.76. The topological polar surface area (TPSA) is 93.6 Å². The van der Waals surface area contributed by atoms with Crippen LogP contribution in [-0.4, -0.2) is 45.1 Å². The average Bonchev–Trinajstić information content (AvgIpc) is 2.84. The molecule has 1 aromatic carbocycles. The van der Waals surface area contributed by atoms with Crippen molar-refractivity contribution in [3.8, 4) is 0 Å². The number of nitrogens with one attached hydrogen (secondary N) is 1. The number of likely N-dealkylation sites (tertiary alicyclic amines) is 1. The summed E-state index contributed by atoms with van der Waals surface area (Å²) in [6.07, 6.45) is 1.30. The molecule has 0 spiro atoms. The van der Waals surface area contributed by atoms with Crippen molar-refractivity contribution in [2.75, 3.05) is 13.1 Å². The van der Waals surface area contributed by atoms with E-state index in [1.54, 1.807) is 4.90 Å². The standard InChI is InChI=1S/C17H20N2O4/c1-10-14(12-6-2-3-7-13(12)18-10)15(17(22)23)19-8-4-5-11(9-19)16(20)21/h2-3,6-7,11,15,18H,4-5,8-9H2,1H3,(H,20,21)(H,22,23)/t11-,15+/m0/s1. The minimum atomic E-state index is -0.941. The van der Waals surface area contributed by atoms with Gasteiger partial charge in [-0.25, -0.2) is 0 Å². The van der Waals surface area contributed by atoms with Crippen molar-refractivity contribution in [3.05, 3.63) is 35.5 Å². The lowest BCUT2D eigenvalue weighted by molar-refractivity contribution is -0.149. The van der Waals surface area contributed by atoms with E-state index in [1.807, 2.05) is 31.2 Å². The molecule has 0 bridgehead atoms. The molecule has 0 amide bonds. The number of aromatic nitrogens is 1. The van der Waals surface area contributed by atoms with Crippen LogP contribution in [0.5, 0.6) is 0 Å². The summed E-state index contributed by atoms with van der Waals surface area (Å²) in [4.78, 5) is 28.3. The molecule has 1 fully saturated rings. The quantitative estimate of drug-likeness (QED) is 0.805. The van der Waals surface area contributed by atoms with Crippen LogP contribution in [0, 0.1) is 12.8 Å². The number of aryl methyl sites for hydroxylation is 1. The Balaban J connectivity index is 2.03. The van der Waals surface area contributed by atoms with E-state index in [9.17, 15) is 19.8 Å². The molecule has 0 unspecified atom stereocenters. The Morgan fingerprint density at radius 2 is 2.04 bits per heavy atom. The summed E-state index contributed by atoms with van der Waals surface area (Å²) in [6, 6.07) is 6.78. The molecular formula is C17H20N2O4. The number of nitrogens with zero attached hydrogens (tertiary/aromatic N) is 1. The van der Waals surface area contributed by atoms with Gasteiger partial charge in [0.1, 0.15) is 6.04 Å². The monoisotopic (exact) mass is 316 g/mol. The summed E-state index contributed by atoms with van der Waals surface area (Å²) in [5, 5.41) is 19.9. The van der Waals surface area contributed by atoms with E-state index in [0.717, 1.165) is 22.2 Å². The number of benzene rings is 1. The number of carbonyl (C=O) groups is 2. The largest absolute Gasteiger partial charge is 0.481 e. The Labute approximate surface area is 133 Å². The normalized spacial score (nSPS) is 20.5. The van der Waals surface area contributed by atoms with Gasteiger partial charge in [0.05, 0.1) is 5.92 Å². The molecule has 2 heterocycles. The van der Waals surface area contributed by atoms with E-state index in [0.29, 0.717) is 19.4 Å². The SMILES string of the molecule is Cc1[nH]c2ccccc2c1[C@H](C(=O)O)N1CCC[C@H](C(=O)O)C1. The summed E-state index contributed by atoms with van der Waals surface area (Å²) < 4.78 is 0. The van der Waals surface area contributed by atoms with E-state index in [-0.39, 0.29) is 6.54 Å². The highest BCUT2D eigenvalue weighted by molar-refractivity contribution is 5.90. The highest BCUT2D eigenvalue weighted by Gasteiger charge is 2.36. The molecule has 1 aromatic heterocycles. The summed E-state index contributed by atoms with van der Waals surface area (Å²) in [5.74, 6) is -2.30. The molecule has 3 N–H and O–H groups in total. The van der Waals surface area contributed by atoms with Crippen molar-refractivity contribution in [1.29, 1.82) is 0 Å². The van der Waals surface area contributed by atoms with Gasteiger partial charge in [-0.15, -0.1) is 0 Å². The van der Waals surface area contributed by atoms with Crippen LogP contribution in [0.15, 0.2) is 24.3 Å². The van der Waals surface area contributed by atoms with Crippen molar-refractivity contribution in [3.63, 3.8) is 0 Å². The average molecular weight is 316 g/mol. The van der Waals surface area contributed by atoms with Crippen molar-refractivity contribution in [2.24, 2.45) is 5.92 Å². The second kappa shape index (κ2) is 6.04. The molecule has 122 valence electrons. The summed E-state index contributed by atoms with van der Waals surface area (Å²) in [6.45, 7) is 2.73. The number of para-hydroxylation sites is 1. The minimum absolute atomic E-state index is 0.269. The number of carboxylic acid groups (broad SMARTS) is 2. The predicted molar refractivity (Wildman–Crippen MR) is 85.3 cm³/mol. The number of fused-ring (bicyclic) bond motifs is 1. The molecule has 3 rings (SSSR count). The maximum atomic E-state index is 12.0. The Morgan fingerprint density at radius 3 is 2.74 bits per heavy atom. The zero-order valence-electron chi connectivity index (χ0n) is 13.0. The smallest absolute Gasteiger partial charge is 0.325 e. The first-order chi connectivity index (χ1) is 11.0. The number of carboxylic acids is 2. The molecule has 0 aliphatic carbocycles. The fraction of sp³-hybridized carbons (Fsp3) is 0.412. The molecule has 1 aliphatic heterocycles. The number of aliphatic carboxylic acids is 2. The summed E-state index contributed by atoms with van der Waals surface area (Å²) >= 11 is 0. The van der Waals surface area contributed by atoms with Crippen LogP contribution in [0.2, 0.25) is 0 Å². The molecule has 0 saturated carbocycles. The third-order valence-electron chi connectivity index (χ3n) is 4.62. The van der Waals surface area contributed by atoms with E-state index >= 15 is 0 Å². The van der Waals surface area contributed by atoms with Crippen LogP contribution < -0.4 is 0 Å². The van der Waals surface area contributed by atoms with Crippen LogP contribution in [0.4, 0.5) is 0 Å². The van der Waals surface area contributed by atoms with Crippen LogP contribution in [0.1, 0.15) is 30.1 Å². The molecule has 1 saturated heterocycles. The Kier molecular flexibility index (Phi) is 4.09. The highest BCUT2D eigenvalue weighted by Crippen LogP contribution is 2.34. The van der Waals surface area contributed by atoms with Gasteiger partial charge >= 0.3 is 11.9 Å². The fourth-order valence-electron chi connectivity index (χ4n) is 3.56. The first-order valence-electron chi connectivity index (χ1n) is 7.76. The van der Waals surface area contributed by atoms with Gasteiger partial charge in [0.25, 0.3) is 0 Å². The molecule has 23 heavy (non-hydrogen) atoms. The van der Waals surface area contributed by atoms with Gasteiger partial charge in [0.15, 0.2) is 0 Å². The Hall–Kier alpha value is -2.34. The number of rotatable bonds is 4. The Bertz CT molecular complexity index is 752. The first kappa shape index (κ1) is 15.6. The van der Waals surface area contributed by atoms with Crippen LogP contribution >= 0.6 is 0 Å². The maximum absolute atomic E-state index is 12.0. The number of aromatic amines is 1. The van der Waals surface area contributed by atoms with E-state index in [1.165, 1.54) is 0 Å². The summed E-state index contributed by atoms with van der Waals surface area (Å²) in [5.41, 5.74) is 2.45. The van der Waals surface area contributed by atoms with Crippen LogP contribution in [-0.2, 0) is 9.59 Å². The number of hydrogen-bond donors (Lipinski definition) is 3. The van der Waals surface area contributed by atoms with E-state index in [2.05, 4.69) is 4.98 Å². The zero-order valence-corrected chi connectivity index (χ0v) is 13.0. The highest BCUT2D eigenvalue weighted by atomic mass is 16.4. The van der Waals surface area contributed by atoms with Crippen molar-refractivity contribution < 1.29 is 19.8 Å². The van der Waals surface area contributed by atoms with Gasteiger partial charge in [-0.2, -0.15) is 0 Å². The predicted octanol–water partition coefficient (Wildman–Crippen LogP) is 2.40. The van der Waals surface area contributed by atoms with Crippen molar-refractivity contribution in [2.45, 2.75) is 25.8 Å². The lowest BCUT2D eigenvalue weighted by atomic mass is 9.94. The van der Waals surface area contributed by atoms with Gasteiger partial charge < -0.3 is 15.2 Å². The Morgan fingerprint density at radius 1 is 1.30 bits per heavy atom. The van der Waals surface area contributed by atoms with Gasteiger partial charge in [-0.1, -0.05) is 18.2 Å². The number of piperidine rings is 1. The molecular weight excluding hydrogens is 296 g/mol. The molecule has 2 aromatic rings. The molecule has 2 atom stereocenters. The van der Waals surface area contributed by atoms with Crippen molar-refractivity contribution in [1.82, 2.24) is 9.88 Å². The van der Waals surface area contributed by atoms with Crippen molar-refractivity contribution >= 4 is 22.8 Å². The minimum Gasteiger partial charge on any atom is -0.481 e. The molecule has 1 aliphatic rings. The third-order valence-corrected chi connectivity index (χ3v) is 4.62.